The fourth-order valence-electron chi connectivity index (χ4n) is 4.49. The second-order valence-corrected chi connectivity index (χ2v) is 9.51. The summed E-state index contributed by atoms with van der Waals surface area (Å²) in [6.45, 7) is 7.01. The summed E-state index contributed by atoms with van der Waals surface area (Å²) >= 11 is 1.50. The number of para-hydroxylation sites is 2. The van der Waals surface area contributed by atoms with E-state index in [0.29, 0.717) is 5.75 Å². The summed E-state index contributed by atoms with van der Waals surface area (Å²) in [5, 5.41) is 0.853. The van der Waals surface area contributed by atoms with Crippen molar-refractivity contribution in [1.29, 1.82) is 0 Å². The molecule has 3 aromatic rings. The van der Waals surface area contributed by atoms with Gasteiger partial charge in [0.1, 0.15) is 17.2 Å². The Bertz CT molecular complexity index is 1070. The second-order valence-electron chi connectivity index (χ2n) is 8.52. The van der Waals surface area contributed by atoms with E-state index in [1.54, 1.807) is 6.33 Å². The van der Waals surface area contributed by atoms with Crippen molar-refractivity contribution in [1.82, 2.24) is 14.9 Å². The van der Waals surface area contributed by atoms with E-state index in [2.05, 4.69) is 79.3 Å². The summed E-state index contributed by atoms with van der Waals surface area (Å²) < 4.78 is 0. The lowest BCUT2D eigenvalue weighted by Crippen LogP contribution is -2.49. The van der Waals surface area contributed by atoms with Crippen LogP contribution in [0.1, 0.15) is 0 Å². The first-order chi connectivity index (χ1) is 16.8. The molecule has 2 fully saturated rings. The van der Waals surface area contributed by atoms with Gasteiger partial charge in [-0.3, -0.25) is 4.79 Å². The van der Waals surface area contributed by atoms with Gasteiger partial charge >= 0.3 is 0 Å². The van der Waals surface area contributed by atoms with Crippen molar-refractivity contribution >= 4 is 34.9 Å². The summed E-state index contributed by atoms with van der Waals surface area (Å²) in [4.78, 5) is 30.7. The number of carbonyl (C=O) groups is 1. The van der Waals surface area contributed by atoms with Crippen LogP contribution < -0.4 is 14.7 Å². The molecule has 0 saturated carbocycles. The number of rotatable bonds is 6. The number of benzene rings is 2. The van der Waals surface area contributed by atoms with E-state index >= 15 is 0 Å². The molecule has 0 atom stereocenters. The molecule has 3 heterocycles. The number of carbonyl (C=O) groups excluding carboxylic acids is 1. The van der Waals surface area contributed by atoms with Crippen molar-refractivity contribution in [2.24, 2.45) is 0 Å². The first-order valence-electron chi connectivity index (χ1n) is 11.8. The van der Waals surface area contributed by atoms with Gasteiger partial charge in [0, 0.05) is 69.8 Å². The van der Waals surface area contributed by atoms with Crippen molar-refractivity contribution in [2.45, 2.75) is 5.03 Å². The van der Waals surface area contributed by atoms with Crippen LogP contribution in [0.2, 0.25) is 0 Å². The monoisotopic (exact) mass is 474 g/mol. The maximum absolute atomic E-state index is 12.8. The normalized spacial score (nSPS) is 16.6. The zero-order valence-corrected chi connectivity index (χ0v) is 20.1. The van der Waals surface area contributed by atoms with E-state index in [1.807, 2.05) is 17.0 Å². The number of hydrogen-bond acceptors (Lipinski definition) is 7. The minimum atomic E-state index is 0.175. The van der Waals surface area contributed by atoms with Crippen LogP contribution in [-0.4, -0.2) is 78.9 Å². The van der Waals surface area contributed by atoms with E-state index in [0.717, 1.165) is 63.2 Å². The van der Waals surface area contributed by atoms with E-state index < -0.39 is 0 Å². The SMILES string of the molecule is O=C(CSc1cc(N2CCN(c3ccccc3)CC2)ncn1)N1CCN(c2ccccc2)CC1. The minimum Gasteiger partial charge on any atom is -0.368 e. The highest BCUT2D eigenvalue weighted by molar-refractivity contribution is 7.99. The van der Waals surface area contributed by atoms with Crippen molar-refractivity contribution in [3.8, 4) is 0 Å². The zero-order valence-electron chi connectivity index (χ0n) is 19.3. The molecule has 0 radical (unpaired) electrons. The quantitative estimate of drug-likeness (QED) is 0.402. The highest BCUT2D eigenvalue weighted by Gasteiger charge is 2.22. The van der Waals surface area contributed by atoms with Gasteiger partial charge in [-0.1, -0.05) is 48.2 Å². The predicted octanol–water partition coefficient (Wildman–Crippen LogP) is 3.24. The third-order valence-corrected chi connectivity index (χ3v) is 7.36. The van der Waals surface area contributed by atoms with Crippen LogP contribution in [0.5, 0.6) is 0 Å². The van der Waals surface area contributed by atoms with Crippen molar-refractivity contribution < 1.29 is 4.79 Å². The van der Waals surface area contributed by atoms with Crippen LogP contribution in [0.4, 0.5) is 17.2 Å². The molecule has 2 aliphatic rings. The predicted molar refractivity (Wildman–Crippen MR) is 139 cm³/mol. The van der Waals surface area contributed by atoms with Gasteiger partial charge in [-0.2, -0.15) is 0 Å². The van der Waals surface area contributed by atoms with Gasteiger partial charge in [0.25, 0.3) is 0 Å². The third-order valence-electron chi connectivity index (χ3n) is 6.45. The maximum atomic E-state index is 12.8. The van der Waals surface area contributed by atoms with E-state index in [-0.39, 0.29) is 5.91 Å². The van der Waals surface area contributed by atoms with Gasteiger partial charge in [-0.05, 0) is 24.3 Å². The largest absolute Gasteiger partial charge is 0.368 e. The molecule has 7 nitrogen and oxygen atoms in total. The smallest absolute Gasteiger partial charge is 0.233 e. The Balaban J connectivity index is 1.10. The van der Waals surface area contributed by atoms with E-state index in [1.165, 1.54) is 23.1 Å². The Morgan fingerprint density at radius 2 is 1.24 bits per heavy atom. The lowest BCUT2D eigenvalue weighted by atomic mass is 10.2. The molecule has 1 aromatic heterocycles. The zero-order chi connectivity index (χ0) is 23.2. The summed E-state index contributed by atoms with van der Waals surface area (Å²) in [6.07, 6.45) is 1.62. The van der Waals surface area contributed by atoms with Crippen LogP contribution in [0.3, 0.4) is 0 Å². The van der Waals surface area contributed by atoms with Crippen molar-refractivity contribution in [3.05, 3.63) is 73.1 Å². The maximum Gasteiger partial charge on any atom is 0.233 e. The van der Waals surface area contributed by atoms with E-state index in [4.69, 9.17) is 0 Å². The molecule has 5 rings (SSSR count). The number of amides is 1. The van der Waals surface area contributed by atoms with Crippen molar-refractivity contribution in [3.63, 3.8) is 0 Å². The Morgan fingerprint density at radius 3 is 1.82 bits per heavy atom. The summed E-state index contributed by atoms with van der Waals surface area (Å²) in [7, 11) is 0. The molecule has 0 unspecified atom stereocenters. The average molecular weight is 475 g/mol. The van der Waals surface area contributed by atoms with Crippen LogP contribution in [0.25, 0.3) is 0 Å². The van der Waals surface area contributed by atoms with Gasteiger partial charge < -0.3 is 19.6 Å². The van der Waals surface area contributed by atoms with Gasteiger partial charge in [0.15, 0.2) is 0 Å². The second kappa shape index (κ2) is 10.8. The molecule has 2 aliphatic heterocycles. The Morgan fingerprint density at radius 1 is 0.706 bits per heavy atom. The number of aromatic nitrogens is 2. The van der Waals surface area contributed by atoms with Crippen molar-refractivity contribution in [2.75, 3.05) is 72.8 Å². The topological polar surface area (TPSA) is 55.8 Å². The summed E-state index contributed by atoms with van der Waals surface area (Å²) in [5.41, 5.74) is 2.49. The van der Waals surface area contributed by atoms with Crippen LogP contribution in [-0.2, 0) is 4.79 Å². The van der Waals surface area contributed by atoms with Gasteiger partial charge in [-0.25, -0.2) is 9.97 Å². The molecule has 8 heteroatoms. The fraction of sp³-hybridized carbons (Fsp3) is 0.346. The van der Waals surface area contributed by atoms with Crippen LogP contribution >= 0.6 is 11.8 Å². The van der Waals surface area contributed by atoms with Gasteiger partial charge in [-0.15, -0.1) is 0 Å². The Kier molecular flexibility index (Phi) is 7.14. The molecule has 2 aromatic carbocycles. The number of thioether (sulfide) groups is 1. The molecule has 2 saturated heterocycles. The Labute approximate surface area is 205 Å². The molecule has 0 aliphatic carbocycles. The number of nitrogens with zero attached hydrogens (tertiary/aromatic N) is 6. The number of anilines is 3. The first kappa shape index (κ1) is 22.5. The lowest BCUT2D eigenvalue weighted by Gasteiger charge is -2.36. The first-order valence-corrected chi connectivity index (χ1v) is 12.8. The van der Waals surface area contributed by atoms with Crippen LogP contribution in [0.15, 0.2) is 78.1 Å². The Hall–Kier alpha value is -3.26. The molecule has 176 valence electrons. The molecule has 0 N–H and O–H groups in total. The summed E-state index contributed by atoms with van der Waals surface area (Å²) in [5.74, 6) is 1.52. The lowest BCUT2D eigenvalue weighted by molar-refractivity contribution is -0.128. The molecule has 0 spiro atoms. The third kappa shape index (κ3) is 5.44. The summed E-state index contributed by atoms with van der Waals surface area (Å²) in [6, 6.07) is 23.0. The fourth-order valence-corrected chi connectivity index (χ4v) is 5.26. The molecule has 1 amide bonds. The van der Waals surface area contributed by atoms with Crippen LogP contribution in [0, 0.1) is 0 Å². The average Bonchev–Trinajstić information content (AvgIpc) is 2.93. The highest BCUT2D eigenvalue weighted by atomic mass is 32.2. The number of piperazine rings is 2. The number of hydrogen-bond donors (Lipinski definition) is 0. The standard InChI is InChI=1S/C26H30N6OS/c33-26(32-17-13-30(14-18-32)23-9-5-2-6-10-23)20-34-25-19-24(27-21-28-25)31-15-11-29(12-16-31)22-7-3-1-4-8-22/h1-10,19,21H,11-18,20H2. The molecular formula is C26H30N6OS. The molecule has 0 bridgehead atoms. The van der Waals surface area contributed by atoms with Gasteiger partial charge in [0.2, 0.25) is 5.91 Å². The highest BCUT2D eigenvalue weighted by Crippen LogP contribution is 2.23. The van der Waals surface area contributed by atoms with Gasteiger partial charge in [0.05, 0.1) is 5.75 Å². The molecule has 34 heavy (non-hydrogen) atoms. The minimum absolute atomic E-state index is 0.175. The van der Waals surface area contributed by atoms with E-state index in [9.17, 15) is 4.79 Å². The molecular weight excluding hydrogens is 444 g/mol.